The first-order chi connectivity index (χ1) is 13.0. The minimum Gasteiger partial charge on any atom is -0.354 e. The van der Waals surface area contributed by atoms with E-state index in [4.69, 9.17) is 0 Å². The second kappa shape index (κ2) is 8.71. The van der Waals surface area contributed by atoms with E-state index in [1.165, 1.54) is 0 Å². The molecular formula is C20H28N4O2S. The quantitative estimate of drug-likeness (QED) is 0.800. The van der Waals surface area contributed by atoms with Crippen molar-refractivity contribution in [2.75, 3.05) is 20.1 Å². The molecule has 1 fully saturated rings. The SMILES string of the molecule is CNC(=O)c1ccc([C@H]2CCCCN2CC(=O)N[C@H](C)c2cccs2)n1C. The molecular weight excluding hydrogens is 360 g/mol. The van der Waals surface area contributed by atoms with Crippen molar-refractivity contribution < 1.29 is 9.59 Å². The molecule has 0 spiro atoms. The topological polar surface area (TPSA) is 66.4 Å². The molecule has 2 amide bonds. The van der Waals surface area contributed by atoms with Crippen LogP contribution in [0.25, 0.3) is 0 Å². The molecule has 6 nitrogen and oxygen atoms in total. The average Bonchev–Trinajstić information content (AvgIpc) is 3.31. The smallest absolute Gasteiger partial charge is 0.267 e. The third-order valence-corrected chi connectivity index (χ3v) is 6.32. The number of carbonyl (C=O) groups excluding carboxylic acids is 2. The van der Waals surface area contributed by atoms with Gasteiger partial charge in [-0.15, -0.1) is 11.3 Å². The predicted octanol–water partition coefficient (Wildman–Crippen LogP) is 2.85. The lowest BCUT2D eigenvalue weighted by Crippen LogP contribution is -2.42. The summed E-state index contributed by atoms with van der Waals surface area (Å²) >= 11 is 1.66. The van der Waals surface area contributed by atoms with E-state index in [9.17, 15) is 9.59 Å². The zero-order chi connectivity index (χ0) is 19.4. The number of nitrogens with zero attached hydrogens (tertiary/aromatic N) is 2. The van der Waals surface area contributed by atoms with Crippen molar-refractivity contribution in [3.8, 4) is 0 Å². The molecule has 0 saturated carbocycles. The highest BCUT2D eigenvalue weighted by Gasteiger charge is 2.29. The van der Waals surface area contributed by atoms with E-state index in [1.54, 1.807) is 18.4 Å². The molecule has 146 valence electrons. The Hall–Kier alpha value is -2.12. The van der Waals surface area contributed by atoms with E-state index in [0.717, 1.165) is 36.4 Å². The van der Waals surface area contributed by atoms with E-state index in [2.05, 4.69) is 15.5 Å². The van der Waals surface area contributed by atoms with Crippen molar-refractivity contribution in [2.24, 2.45) is 7.05 Å². The Balaban J connectivity index is 1.69. The summed E-state index contributed by atoms with van der Waals surface area (Å²) in [4.78, 5) is 28.0. The normalized spacial score (nSPS) is 18.9. The zero-order valence-electron chi connectivity index (χ0n) is 16.2. The lowest BCUT2D eigenvalue weighted by molar-refractivity contribution is -0.123. The summed E-state index contributed by atoms with van der Waals surface area (Å²) in [6, 6.07) is 8.10. The number of rotatable bonds is 6. The number of carbonyl (C=O) groups is 2. The fourth-order valence-corrected chi connectivity index (χ4v) is 4.55. The number of hydrogen-bond donors (Lipinski definition) is 2. The van der Waals surface area contributed by atoms with Crippen LogP contribution >= 0.6 is 11.3 Å². The van der Waals surface area contributed by atoms with Crippen molar-refractivity contribution in [3.05, 3.63) is 45.9 Å². The molecule has 2 N–H and O–H groups in total. The molecule has 2 atom stereocenters. The maximum atomic E-state index is 12.6. The Morgan fingerprint density at radius 2 is 2.11 bits per heavy atom. The second-order valence-electron chi connectivity index (χ2n) is 7.07. The molecule has 3 rings (SSSR count). The Bertz CT molecular complexity index is 784. The monoisotopic (exact) mass is 388 g/mol. The number of thiophene rings is 1. The van der Waals surface area contributed by atoms with Crippen molar-refractivity contribution >= 4 is 23.2 Å². The molecule has 3 heterocycles. The zero-order valence-corrected chi connectivity index (χ0v) is 17.0. The van der Waals surface area contributed by atoms with Gasteiger partial charge in [-0.2, -0.15) is 0 Å². The van der Waals surface area contributed by atoms with E-state index in [1.807, 2.05) is 48.2 Å². The molecule has 27 heavy (non-hydrogen) atoms. The molecule has 0 unspecified atom stereocenters. The minimum absolute atomic E-state index is 0.0237. The van der Waals surface area contributed by atoms with Gasteiger partial charge < -0.3 is 15.2 Å². The lowest BCUT2D eigenvalue weighted by Gasteiger charge is -2.35. The van der Waals surface area contributed by atoms with E-state index in [-0.39, 0.29) is 23.9 Å². The number of nitrogens with one attached hydrogen (secondary N) is 2. The van der Waals surface area contributed by atoms with Gasteiger partial charge in [0.25, 0.3) is 5.91 Å². The summed E-state index contributed by atoms with van der Waals surface area (Å²) in [7, 11) is 3.56. The lowest BCUT2D eigenvalue weighted by atomic mass is 9.99. The molecule has 1 aliphatic heterocycles. The maximum Gasteiger partial charge on any atom is 0.267 e. The molecule has 0 aromatic carbocycles. The van der Waals surface area contributed by atoms with Crippen LogP contribution in [0, 0.1) is 0 Å². The average molecular weight is 389 g/mol. The van der Waals surface area contributed by atoms with E-state index >= 15 is 0 Å². The van der Waals surface area contributed by atoms with Gasteiger partial charge in [0.1, 0.15) is 5.69 Å². The summed E-state index contributed by atoms with van der Waals surface area (Å²) in [5, 5.41) is 7.81. The van der Waals surface area contributed by atoms with Gasteiger partial charge >= 0.3 is 0 Å². The van der Waals surface area contributed by atoms with Gasteiger partial charge in [0.2, 0.25) is 5.91 Å². The molecule has 2 aromatic rings. The first-order valence-electron chi connectivity index (χ1n) is 9.45. The molecule has 7 heteroatoms. The van der Waals surface area contributed by atoms with Gasteiger partial charge in [-0.05, 0) is 49.9 Å². The third-order valence-electron chi connectivity index (χ3n) is 5.27. The highest BCUT2D eigenvalue weighted by Crippen LogP contribution is 2.31. The molecule has 1 saturated heterocycles. The number of amides is 2. The van der Waals surface area contributed by atoms with Gasteiger partial charge in [-0.25, -0.2) is 0 Å². The fourth-order valence-electron chi connectivity index (χ4n) is 3.81. The number of likely N-dealkylation sites (tertiary alicyclic amines) is 1. The Morgan fingerprint density at radius 3 is 2.81 bits per heavy atom. The third kappa shape index (κ3) is 4.42. The van der Waals surface area contributed by atoms with Crippen molar-refractivity contribution in [1.29, 1.82) is 0 Å². The summed E-state index contributed by atoms with van der Waals surface area (Å²) in [6.07, 6.45) is 3.23. The second-order valence-corrected chi connectivity index (χ2v) is 8.05. The van der Waals surface area contributed by atoms with Gasteiger partial charge in [0, 0.05) is 24.7 Å². The van der Waals surface area contributed by atoms with Crippen LogP contribution in [0.1, 0.15) is 59.3 Å². The van der Waals surface area contributed by atoms with Crippen molar-refractivity contribution in [1.82, 2.24) is 20.1 Å². The highest BCUT2D eigenvalue weighted by molar-refractivity contribution is 7.10. The summed E-state index contributed by atoms with van der Waals surface area (Å²) in [6.45, 7) is 3.29. The van der Waals surface area contributed by atoms with Crippen LogP contribution in [-0.2, 0) is 11.8 Å². The summed E-state index contributed by atoms with van der Waals surface area (Å²) < 4.78 is 1.95. The molecule has 0 aliphatic carbocycles. The molecule has 1 aliphatic rings. The Morgan fingerprint density at radius 1 is 1.30 bits per heavy atom. The van der Waals surface area contributed by atoms with Crippen LogP contribution in [0.2, 0.25) is 0 Å². The van der Waals surface area contributed by atoms with Crippen LogP contribution in [0.5, 0.6) is 0 Å². The van der Waals surface area contributed by atoms with Crippen LogP contribution < -0.4 is 10.6 Å². The maximum absolute atomic E-state index is 12.6. The van der Waals surface area contributed by atoms with Gasteiger partial charge in [0.15, 0.2) is 0 Å². The number of hydrogen-bond acceptors (Lipinski definition) is 4. The minimum atomic E-state index is -0.0892. The van der Waals surface area contributed by atoms with Gasteiger partial charge in [-0.1, -0.05) is 12.5 Å². The van der Waals surface area contributed by atoms with Crippen molar-refractivity contribution in [2.45, 2.75) is 38.3 Å². The number of piperidine rings is 1. The van der Waals surface area contributed by atoms with Crippen LogP contribution in [0.15, 0.2) is 29.6 Å². The van der Waals surface area contributed by atoms with Crippen LogP contribution in [0.3, 0.4) is 0 Å². The molecule has 2 aromatic heterocycles. The van der Waals surface area contributed by atoms with E-state index in [0.29, 0.717) is 12.2 Å². The standard InChI is InChI=1S/C20H28N4O2S/c1-14(18-8-6-12-27-18)22-19(25)13-24-11-5-4-7-16(24)15-9-10-17(23(15)3)20(26)21-2/h6,8-10,12,14,16H,4-5,7,11,13H2,1-3H3,(H,21,26)(H,22,25)/t14-,16-/m1/s1. The predicted molar refractivity (Wildman–Crippen MR) is 108 cm³/mol. The Kier molecular flexibility index (Phi) is 6.34. The van der Waals surface area contributed by atoms with Gasteiger partial charge in [0.05, 0.1) is 18.6 Å². The fraction of sp³-hybridized carbons (Fsp3) is 0.500. The van der Waals surface area contributed by atoms with E-state index < -0.39 is 0 Å². The summed E-state index contributed by atoms with van der Waals surface area (Å²) in [5.41, 5.74) is 1.74. The summed E-state index contributed by atoms with van der Waals surface area (Å²) in [5.74, 6) is -0.0443. The largest absolute Gasteiger partial charge is 0.354 e. The van der Waals surface area contributed by atoms with Gasteiger partial charge in [-0.3, -0.25) is 14.5 Å². The number of aromatic nitrogens is 1. The molecule has 0 radical (unpaired) electrons. The highest BCUT2D eigenvalue weighted by atomic mass is 32.1. The van der Waals surface area contributed by atoms with Crippen LogP contribution in [-0.4, -0.2) is 41.4 Å². The first-order valence-corrected chi connectivity index (χ1v) is 10.3. The first kappa shape index (κ1) is 19.6. The van der Waals surface area contributed by atoms with Crippen molar-refractivity contribution in [3.63, 3.8) is 0 Å². The van der Waals surface area contributed by atoms with Crippen LogP contribution in [0.4, 0.5) is 0 Å². The molecule has 0 bridgehead atoms. The Labute approximate surface area is 164 Å².